The molecule has 1 aromatic carbocycles. The second-order valence-electron chi connectivity index (χ2n) is 5.75. The molecule has 0 radical (unpaired) electrons. The molecule has 1 fully saturated rings. The Bertz CT molecular complexity index is 718. The number of hydrogen-bond donors (Lipinski definition) is 4. The summed E-state index contributed by atoms with van der Waals surface area (Å²) in [4.78, 5) is 22.0. The molecule has 0 saturated carbocycles. The van der Waals surface area contributed by atoms with Crippen molar-refractivity contribution in [2.75, 3.05) is 19.3 Å². The number of carbonyl (C=O) groups excluding carboxylic acids is 2. The van der Waals surface area contributed by atoms with E-state index in [9.17, 15) is 29.0 Å². The van der Waals surface area contributed by atoms with Crippen LogP contribution < -0.4 is 16.1 Å². The monoisotopic (exact) mass is 421 g/mol. The predicted molar refractivity (Wildman–Crippen MR) is 88.1 cm³/mol. The molecular weight excluding hydrogens is 405 g/mol. The van der Waals surface area contributed by atoms with Crippen molar-refractivity contribution in [3.63, 3.8) is 0 Å². The third-order valence-electron chi connectivity index (χ3n) is 3.99. The lowest BCUT2D eigenvalue weighted by Crippen LogP contribution is -2.71. The highest BCUT2D eigenvalue weighted by Gasteiger charge is 2.65. The van der Waals surface area contributed by atoms with Crippen molar-refractivity contribution in [1.82, 2.24) is 16.1 Å². The van der Waals surface area contributed by atoms with Crippen LogP contribution in [0.25, 0.3) is 0 Å². The first-order valence-electron chi connectivity index (χ1n) is 7.07. The molecule has 26 heavy (non-hydrogen) atoms. The summed E-state index contributed by atoms with van der Waals surface area (Å²) in [7, 11) is -9.83. The zero-order chi connectivity index (χ0) is 19.9. The minimum absolute atomic E-state index is 0.118. The first-order chi connectivity index (χ1) is 11.7. The molecule has 1 atom stereocenters. The summed E-state index contributed by atoms with van der Waals surface area (Å²) in [5.74, 6) is -1.84. The predicted octanol–water partition coefficient (Wildman–Crippen LogP) is 2.65. The molecule has 148 valence electrons. The second-order valence-corrected chi connectivity index (χ2v) is 9.38. The number of nitrogens with one attached hydrogen (secondary N) is 3. The molecule has 13 heteroatoms. The number of amides is 2. The average Bonchev–Trinajstić information content (AvgIpc) is 2.50. The summed E-state index contributed by atoms with van der Waals surface area (Å²) in [6, 6.07) is 0.244. The first-order valence-corrected chi connectivity index (χ1v) is 10.2. The van der Waals surface area contributed by atoms with Crippen LogP contribution in [-0.2, 0) is 4.79 Å². The van der Waals surface area contributed by atoms with Gasteiger partial charge in [0.2, 0.25) is 0 Å². The summed E-state index contributed by atoms with van der Waals surface area (Å²) in [6.45, 7) is 0.686. The molecule has 2 amide bonds. The van der Waals surface area contributed by atoms with Crippen molar-refractivity contribution >= 4 is 33.8 Å². The molecule has 0 spiro atoms. The fourth-order valence-corrected chi connectivity index (χ4v) is 3.96. The third kappa shape index (κ3) is 4.22. The molecule has 1 heterocycles. The number of hydroxylamine groups is 1. The maximum absolute atomic E-state index is 12.7. The molecular formula is C13H16F5N3O3S2. The van der Waals surface area contributed by atoms with Crippen LogP contribution in [-0.4, -0.2) is 47.2 Å². The van der Waals surface area contributed by atoms with Gasteiger partial charge >= 0.3 is 10.2 Å². The Morgan fingerprint density at radius 2 is 1.73 bits per heavy atom. The summed E-state index contributed by atoms with van der Waals surface area (Å²) in [5, 5.41) is 14.1. The summed E-state index contributed by atoms with van der Waals surface area (Å²) < 4.78 is 62.8. The minimum atomic E-state index is -9.83. The van der Waals surface area contributed by atoms with E-state index < -0.39 is 37.7 Å². The Morgan fingerprint density at radius 1 is 1.19 bits per heavy atom. The highest BCUT2D eigenvalue weighted by Crippen LogP contribution is 3.02. The molecule has 0 aromatic heterocycles. The number of rotatable bonds is 6. The number of carbonyl (C=O) groups is 2. The van der Waals surface area contributed by atoms with Gasteiger partial charge in [-0.1, -0.05) is 19.4 Å². The van der Waals surface area contributed by atoms with Gasteiger partial charge in [0, 0.05) is 18.7 Å². The van der Waals surface area contributed by atoms with Gasteiger partial charge in [-0.25, -0.2) is 5.48 Å². The van der Waals surface area contributed by atoms with Gasteiger partial charge in [-0.15, -0.1) is 0 Å². The Balaban J connectivity index is 2.24. The van der Waals surface area contributed by atoms with Crippen LogP contribution in [0.3, 0.4) is 0 Å². The Labute approximate surface area is 149 Å². The van der Waals surface area contributed by atoms with Gasteiger partial charge in [0.25, 0.3) is 11.8 Å². The largest absolute Gasteiger partial charge is 0.339 e. The lowest BCUT2D eigenvalue weighted by molar-refractivity contribution is -0.132. The first kappa shape index (κ1) is 20.7. The molecule has 6 nitrogen and oxygen atoms in total. The molecule has 1 aliphatic heterocycles. The van der Waals surface area contributed by atoms with E-state index in [1.54, 1.807) is 6.26 Å². The highest BCUT2D eigenvalue weighted by atomic mass is 32.5. The van der Waals surface area contributed by atoms with Crippen LogP contribution in [0.5, 0.6) is 0 Å². The number of thioether (sulfide) groups is 1. The van der Waals surface area contributed by atoms with E-state index in [-0.39, 0.29) is 17.7 Å². The van der Waals surface area contributed by atoms with Gasteiger partial charge < -0.3 is 10.6 Å². The topological polar surface area (TPSA) is 90.5 Å². The molecule has 1 aliphatic rings. The van der Waals surface area contributed by atoms with Gasteiger partial charge in [0.1, 0.15) is 10.9 Å². The van der Waals surface area contributed by atoms with Crippen LogP contribution in [0.1, 0.15) is 10.4 Å². The normalized spacial score (nSPS) is 20.1. The Kier molecular flexibility index (Phi) is 4.76. The fraction of sp³-hybridized carbons (Fsp3) is 0.385. The van der Waals surface area contributed by atoms with E-state index in [2.05, 4.69) is 10.6 Å². The molecule has 0 aliphatic carbocycles. The quantitative estimate of drug-likeness (QED) is 0.322. The van der Waals surface area contributed by atoms with Gasteiger partial charge in [-0.3, -0.25) is 14.8 Å². The zero-order valence-electron chi connectivity index (χ0n) is 13.3. The van der Waals surface area contributed by atoms with Gasteiger partial charge in [-0.2, -0.15) is 11.8 Å². The number of hydrogen-bond acceptors (Lipinski definition) is 5. The summed E-state index contributed by atoms with van der Waals surface area (Å²) in [6.07, 6.45) is 1.69. The second kappa shape index (κ2) is 5.97. The van der Waals surface area contributed by atoms with Crippen LogP contribution in [0, 0.1) is 0 Å². The van der Waals surface area contributed by atoms with E-state index >= 15 is 0 Å². The average molecular weight is 421 g/mol. The molecule has 2 rings (SSSR count). The highest BCUT2D eigenvalue weighted by molar-refractivity contribution is 8.45. The van der Waals surface area contributed by atoms with E-state index in [0.29, 0.717) is 25.2 Å². The van der Waals surface area contributed by atoms with E-state index in [1.165, 1.54) is 17.2 Å². The summed E-state index contributed by atoms with van der Waals surface area (Å²) in [5.41, 5.74) is 1.09. The third-order valence-corrected chi connectivity index (χ3v) is 6.49. The minimum Gasteiger partial charge on any atom is -0.339 e. The number of benzene rings is 1. The van der Waals surface area contributed by atoms with Crippen molar-refractivity contribution in [2.45, 2.75) is 15.7 Å². The standard InChI is InChI=1S/C13H16F5N3O3S2/c1-25-13(6-19-7-13)10(12(23)21-24)20-11(22)8-2-4-9(5-3-8)26(14,15,16,17)18/h2-5,10,19,24H,6-7H2,1H3,(H,20,22)(H,21,23). The maximum atomic E-state index is 12.7. The zero-order valence-corrected chi connectivity index (χ0v) is 14.9. The van der Waals surface area contributed by atoms with Crippen molar-refractivity contribution < 1.29 is 34.2 Å². The van der Waals surface area contributed by atoms with Crippen molar-refractivity contribution in [3.8, 4) is 0 Å². The Morgan fingerprint density at radius 3 is 2.08 bits per heavy atom. The Hall–Kier alpha value is -1.57. The van der Waals surface area contributed by atoms with Crippen molar-refractivity contribution in [3.05, 3.63) is 29.8 Å². The van der Waals surface area contributed by atoms with Crippen LogP contribution in [0.15, 0.2) is 29.2 Å². The van der Waals surface area contributed by atoms with Gasteiger partial charge in [0.15, 0.2) is 0 Å². The molecule has 0 bridgehead atoms. The van der Waals surface area contributed by atoms with Crippen LogP contribution in [0.2, 0.25) is 0 Å². The van der Waals surface area contributed by atoms with Crippen molar-refractivity contribution in [2.24, 2.45) is 0 Å². The molecule has 4 N–H and O–H groups in total. The van der Waals surface area contributed by atoms with E-state index in [4.69, 9.17) is 5.21 Å². The number of halogens is 5. The fourth-order valence-electron chi connectivity index (χ4n) is 2.42. The van der Waals surface area contributed by atoms with Crippen LogP contribution in [0.4, 0.5) is 19.4 Å². The smallest absolute Gasteiger partial charge is 0.310 e. The SMILES string of the molecule is CSC1(C(NC(=O)c2ccc(S(F)(F)(F)(F)F)cc2)C(=O)NO)CNC1. The molecule has 1 saturated heterocycles. The molecule has 1 aromatic rings. The van der Waals surface area contributed by atoms with E-state index in [1.807, 2.05) is 0 Å². The van der Waals surface area contributed by atoms with Gasteiger partial charge in [-0.05, 0) is 30.5 Å². The van der Waals surface area contributed by atoms with E-state index in [0.717, 1.165) is 0 Å². The van der Waals surface area contributed by atoms with Gasteiger partial charge in [0.05, 0.1) is 4.75 Å². The van der Waals surface area contributed by atoms with Crippen LogP contribution >= 0.6 is 22.0 Å². The lowest BCUT2D eigenvalue weighted by atomic mass is 9.91. The van der Waals surface area contributed by atoms with Crippen molar-refractivity contribution in [1.29, 1.82) is 0 Å². The maximum Gasteiger partial charge on any atom is 0.310 e. The summed E-state index contributed by atoms with van der Waals surface area (Å²) >= 11 is 1.26. The lowest BCUT2D eigenvalue weighted by Gasteiger charge is -2.45. The molecule has 1 unspecified atom stereocenters.